The van der Waals surface area contributed by atoms with E-state index in [0.717, 1.165) is 0 Å². The summed E-state index contributed by atoms with van der Waals surface area (Å²) in [6.07, 6.45) is -0.826. The largest absolute Gasteiger partial charge is 0.485 e. The highest BCUT2D eigenvalue weighted by Crippen LogP contribution is 2.30. The summed E-state index contributed by atoms with van der Waals surface area (Å²) in [7, 11) is 0. The molecule has 0 aliphatic carbocycles. The van der Waals surface area contributed by atoms with E-state index in [2.05, 4.69) is 10.3 Å². The molecule has 3 N–H and O–H groups in total. The maximum atomic E-state index is 11.6. The fraction of sp³-hybridized carbons (Fsp3) is 0.273. The van der Waals surface area contributed by atoms with Gasteiger partial charge in [-0.15, -0.1) is 0 Å². The normalized spacial score (nSPS) is 17.0. The van der Waals surface area contributed by atoms with Crippen molar-refractivity contribution in [1.29, 1.82) is 0 Å². The van der Waals surface area contributed by atoms with Crippen LogP contribution in [0.25, 0.3) is 0 Å². The van der Waals surface area contributed by atoms with E-state index >= 15 is 0 Å². The molecule has 0 bridgehead atoms. The van der Waals surface area contributed by atoms with Gasteiger partial charge in [0.1, 0.15) is 6.61 Å². The third-order valence-corrected chi connectivity index (χ3v) is 2.19. The Morgan fingerprint density at radius 1 is 1.39 bits per heavy atom. The third-order valence-electron chi connectivity index (χ3n) is 2.19. The molecule has 0 saturated heterocycles. The molecule has 0 fully saturated rings. The first-order valence-electron chi connectivity index (χ1n) is 5.25. The second-order valence-corrected chi connectivity index (χ2v) is 3.59. The van der Waals surface area contributed by atoms with Crippen molar-refractivity contribution >= 4 is 11.8 Å². The number of hydroxylamine groups is 1. The number of hydrogen-bond acceptors (Lipinski definition) is 5. The third kappa shape index (κ3) is 2.89. The molecule has 0 saturated carbocycles. The van der Waals surface area contributed by atoms with Crippen molar-refractivity contribution in [3.05, 3.63) is 24.3 Å². The number of carbonyl (C=O) groups excluding carboxylic acids is 2. The van der Waals surface area contributed by atoms with Gasteiger partial charge in [0.2, 0.25) is 12.0 Å². The number of ether oxygens (including phenoxy) is 2. The highest BCUT2D eigenvalue weighted by atomic mass is 16.7. The predicted molar refractivity (Wildman–Crippen MR) is 59.6 cm³/mol. The van der Waals surface area contributed by atoms with Gasteiger partial charge < -0.3 is 15.2 Å². The van der Waals surface area contributed by atoms with Gasteiger partial charge in [-0.2, -0.15) is 0 Å². The van der Waals surface area contributed by atoms with Crippen LogP contribution in [0.5, 0.6) is 11.5 Å². The number of rotatable bonds is 4. The number of benzene rings is 1. The fourth-order valence-corrected chi connectivity index (χ4v) is 1.39. The van der Waals surface area contributed by atoms with Crippen LogP contribution in [0.15, 0.2) is 24.3 Å². The van der Waals surface area contributed by atoms with Gasteiger partial charge in [0, 0.05) is 0 Å². The van der Waals surface area contributed by atoms with E-state index < -0.39 is 24.5 Å². The Morgan fingerprint density at radius 3 is 2.83 bits per heavy atom. The molecule has 96 valence electrons. The lowest BCUT2D eigenvalue weighted by atomic mass is 10.2. The van der Waals surface area contributed by atoms with Gasteiger partial charge >= 0.3 is 0 Å². The Balaban J connectivity index is 1.88. The molecule has 1 atom stereocenters. The smallest absolute Gasteiger partial charge is 0.288 e. The fourth-order valence-electron chi connectivity index (χ4n) is 1.39. The molecule has 0 radical (unpaired) electrons. The predicted octanol–water partition coefficient (Wildman–Crippen LogP) is -0.640. The molecule has 1 aliphatic rings. The van der Waals surface area contributed by atoms with Crippen LogP contribution in [0, 0.1) is 0 Å². The standard InChI is InChI=1S/C11H12N2O5/c12-10(14)6-17-13-11(15)9-5-16-7-3-1-2-4-8(7)18-9/h1-4,9H,5-6H2,(H2,12,14)(H,13,15). The number of primary amides is 1. The summed E-state index contributed by atoms with van der Waals surface area (Å²) in [6, 6.07) is 7.01. The highest BCUT2D eigenvalue weighted by molar-refractivity contribution is 5.81. The summed E-state index contributed by atoms with van der Waals surface area (Å²) in [5.41, 5.74) is 6.92. The Kier molecular flexibility index (Phi) is 3.63. The molecule has 1 aromatic rings. The summed E-state index contributed by atoms with van der Waals surface area (Å²) in [6.45, 7) is -0.321. The summed E-state index contributed by atoms with van der Waals surface area (Å²) < 4.78 is 10.8. The first-order chi connectivity index (χ1) is 8.66. The lowest BCUT2D eigenvalue weighted by Gasteiger charge is -2.25. The number of carbonyl (C=O) groups is 2. The highest BCUT2D eigenvalue weighted by Gasteiger charge is 2.27. The maximum absolute atomic E-state index is 11.6. The second-order valence-electron chi connectivity index (χ2n) is 3.59. The first kappa shape index (κ1) is 12.2. The molecule has 0 aromatic heterocycles. The van der Waals surface area contributed by atoms with E-state index in [4.69, 9.17) is 15.2 Å². The van der Waals surface area contributed by atoms with Crippen LogP contribution >= 0.6 is 0 Å². The summed E-state index contributed by atoms with van der Waals surface area (Å²) >= 11 is 0. The molecule has 2 amide bonds. The average Bonchev–Trinajstić information content (AvgIpc) is 2.37. The van der Waals surface area contributed by atoms with Crippen molar-refractivity contribution in [2.24, 2.45) is 5.73 Å². The summed E-state index contributed by atoms with van der Waals surface area (Å²) in [4.78, 5) is 26.6. The number of hydrogen-bond donors (Lipinski definition) is 2. The molecule has 0 spiro atoms. The SMILES string of the molecule is NC(=O)CONC(=O)C1COc2ccccc2O1. The zero-order valence-electron chi connectivity index (χ0n) is 9.42. The molecule has 1 aromatic carbocycles. The molecule has 1 unspecified atom stereocenters. The minimum Gasteiger partial charge on any atom is -0.485 e. The van der Waals surface area contributed by atoms with Gasteiger partial charge in [0.15, 0.2) is 18.1 Å². The van der Waals surface area contributed by atoms with Gasteiger partial charge in [-0.05, 0) is 12.1 Å². The number of amides is 2. The topological polar surface area (TPSA) is 99.9 Å². The Morgan fingerprint density at radius 2 is 2.11 bits per heavy atom. The van der Waals surface area contributed by atoms with E-state index in [9.17, 15) is 9.59 Å². The monoisotopic (exact) mass is 252 g/mol. The summed E-state index contributed by atoms with van der Waals surface area (Å²) in [5, 5.41) is 0. The van der Waals surface area contributed by atoms with E-state index in [0.29, 0.717) is 11.5 Å². The lowest BCUT2D eigenvalue weighted by molar-refractivity contribution is -0.145. The van der Waals surface area contributed by atoms with Crippen molar-refractivity contribution < 1.29 is 23.9 Å². The van der Waals surface area contributed by atoms with E-state index in [1.165, 1.54) is 0 Å². The minimum atomic E-state index is -0.826. The molecule has 1 aliphatic heterocycles. The number of nitrogens with two attached hydrogens (primary N) is 1. The molecule has 1 heterocycles. The first-order valence-corrected chi connectivity index (χ1v) is 5.25. The molecule has 2 rings (SSSR count). The van der Waals surface area contributed by atoms with Gasteiger partial charge in [-0.3, -0.25) is 14.4 Å². The number of nitrogens with one attached hydrogen (secondary N) is 1. The lowest BCUT2D eigenvalue weighted by Crippen LogP contribution is -2.44. The van der Waals surface area contributed by atoms with E-state index in [-0.39, 0.29) is 6.61 Å². The molecular weight excluding hydrogens is 240 g/mol. The van der Waals surface area contributed by atoms with Gasteiger partial charge in [0.05, 0.1) is 0 Å². The Labute approximate surface area is 103 Å². The quantitative estimate of drug-likeness (QED) is 0.694. The zero-order chi connectivity index (χ0) is 13.0. The van der Waals surface area contributed by atoms with Gasteiger partial charge in [-0.25, -0.2) is 5.48 Å². The van der Waals surface area contributed by atoms with Crippen LogP contribution in [0.3, 0.4) is 0 Å². The Bertz CT molecular complexity index is 463. The van der Waals surface area contributed by atoms with Crippen LogP contribution in [0.4, 0.5) is 0 Å². The van der Waals surface area contributed by atoms with Crippen LogP contribution in [0.2, 0.25) is 0 Å². The van der Waals surface area contributed by atoms with Crippen molar-refractivity contribution in [2.45, 2.75) is 6.10 Å². The Hall–Kier alpha value is -2.28. The molecular formula is C11H12N2O5. The summed E-state index contributed by atoms with van der Waals surface area (Å²) in [5.74, 6) is -0.148. The molecule has 7 heteroatoms. The average molecular weight is 252 g/mol. The van der Waals surface area contributed by atoms with Crippen LogP contribution in [-0.4, -0.2) is 31.1 Å². The van der Waals surface area contributed by atoms with Crippen LogP contribution in [0.1, 0.15) is 0 Å². The van der Waals surface area contributed by atoms with E-state index in [1.807, 2.05) is 0 Å². The van der Waals surface area contributed by atoms with Crippen LogP contribution in [-0.2, 0) is 14.4 Å². The van der Waals surface area contributed by atoms with Crippen molar-refractivity contribution in [1.82, 2.24) is 5.48 Å². The van der Waals surface area contributed by atoms with Crippen molar-refractivity contribution in [2.75, 3.05) is 13.2 Å². The maximum Gasteiger partial charge on any atom is 0.288 e. The van der Waals surface area contributed by atoms with Crippen LogP contribution < -0.4 is 20.7 Å². The van der Waals surface area contributed by atoms with Gasteiger partial charge in [0.25, 0.3) is 5.91 Å². The molecule has 18 heavy (non-hydrogen) atoms. The van der Waals surface area contributed by atoms with E-state index in [1.54, 1.807) is 24.3 Å². The number of para-hydroxylation sites is 2. The van der Waals surface area contributed by atoms with Crippen molar-refractivity contribution in [3.8, 4) is 11.5 Å². The second kappa shape index (κ2) is 5.37. The number of fused-ring (bicyclic) bond motifs is 1. The van der Waals surface area contributed by atoms with Crippen molar-refractivity contribution in [3.63, 3.8) is 0 Å². The molecule has 7 nitrogen and oxygen atoms in total. The zero-order valence-corrected chi connectivity index (χ0v) is 9.42. The van der Waals surface area contributed by atoms with Gasteiger partial charge in [-0.1, -0.05) is 12.1 Å². The minimum absolute atomic E-state index is 0.0722.